The van der Waals surface area contributed by atoms with Crippen LogP contribution in [-0.4, -0.2) is 44.0 Å². The monoisotopic (exact) mass is 279 g/mol. The Morgan fingerprint density at radius 1 is 1.20 bits per heavy atom. The lowest BCUT2D eigenvalue weighted by molar-refractivity contribution is 0.0953. The van der Waals surface area contributed by atoms with Gasteiger partial charge in [0.25, 0.3) is 5.91 Å². The summed E-state index contributed by atoms with van der Waals surface area (Å²) in [4.78, 5) is 24.6. The molecule has 1 rings (SSSR count). The van der Waals surface area contributed by atoms with Gasteiger partial charge >= 0.3 is 6.03 Å². The van der Waals surface area contributed by atoms with Crippen molar-refractivity contribution < 1.29 is 9.59 Å². The van der Waals surface area contributed by atoms with Crippen LogP contribution in [-0.2, 0) is 0 Å². The van der Waals surface area contributed by atoms with Crippen LogP contribution in [0, 0.1) is 6.92 Å². The first-order valence-corrected chi connectivity index (χ1v) is 6.26. The molecule has 110 valence electrons. The van der Waals surface area contributed by atoms with Crippen LogP contribution in [0.15, 0.2) is 18.2 Å². The highest BCUT2D eigenvalue weighted by atomic mass is 16.2. The molecule has 5 N–H and O–H groups in total. The molecular formula is C13H21N5O2. The van der Waals surface area contributed by atoms with Gasteiger partial charge in [0, 0.05) is 32.7 Å². The number of hydrogen-bond donors (Lipinski definition) is 4. The number of nitrogens with two attached hydrogens (primary N) is 1. The van der Waals surface area contributed by atoms with Crippen molar-refractivity contribution >= 4 is 17.6 Å². The molecule has 0 saturated heterocycles. The Balaban J connectivity index is 2.43. The van der Waals surface area contributed by atoms with Gasteiger partial charge in [0.2, 0.25) is 0 Å². The second kappa shape index (κ2) is 7.34. The number of benzene rings is 1. The largest absolute Gasteiger partial charge is 0.350 e. The molecule has 0 bridgehead atoms. The van der Waals surface area contributed by atoms with Gasteiger partial charge < -0.3 is 21.0 Å². The number of carbonyl (C=O) groups is 2. The molecule has 0 aromatic heterocycles. The predicted molar refractivity (Wildman–Crippen MR) is 78.4 cm³/mol. The Bertz CT molecular complexity index is 488. The maximum absolute atomic E-state index is 11.9. The Kier molecular flexibility index (Phi) is 5.79. The molecule has 7 nitrogen and oxygen atoms in total. The summed E-state index contributed by atoms with van der Waals surface area (Å²) in [6.07, 6.45) is 0. The van der Waals surface area contributed by atoms with E-state index in [0.717, 1.165) is 11.3 Å². The maximum Gasteiger partial charge on any atom is 0.316 e. The molecule has 0 unspecified atom stereocenters. The maximum atomic E-state index is 11.9. The molecule has 0 spiro atoms. The third kappa shape index (κ3) is 4.43. The zero-order valence-electron chi connectivity index (χ0n) is 12.0. The molecule has 20 heavy (non-hydrogen) atoms. The van der Waals surface area contributed by atoms with E-state index in [1.165, 1.54) is 4.90 Å². The highest BCUT2D eigenvalue weighted by Gasteiger charge is 2.07. The summed E-state index contributed by atoms with van der Waals surface area (Å²) < 4.78 is 0. The Hall–Kier alpha value is -2.28. The lowest BCUT2D eigenvalue weighted by atomic mass is 10.1. The Morgan fingerprint density at radius 2 is 1.85 bits per heavy atom. The summed E-state index contributed by atoms with van der Waals surface area (Å²) in [6, 6.07) is 5.00. The van der Waals surface area contributed by atoms with Gasteiger partial charge in [0.15, 0.2) is 0 Å². The van der Waals surface area contributed by atoms with E-state index in [1.54, 1.807) is 32.3 Å². The fourth-order valence-electron chi connectivity index (χ4n) is 1.57. The van der Waals surface area contributed by atoms with Gasteiger partial charge in [-0.15, -0.1) is 0 Å². The van der Waals surface area contributed by atoms with Crippen molar-refractivity contribution in [2.24, 2.45) is 5.84 Å². The topological polar surface area (TPSA) is 99.5 Å². The van der Waals surface area contributed by atoms with Crippen LogP contribution in [0.4, 0.5) is 10.5 Å². The van der Waals surface area contributed by atoms with Crippen molar-refractivity contribution in [3.63, 3.8) is 0 Å². The van der Waals surface area contributed by atoms with Crippen molar-refractivity contribution in [1.82, 2.24) is 15.5 Å². The molecule has 0 aliphatic heterocycles. The molecular weight excluding hydrogens is 258 g/mol. The third-order valence-electron chi connectivity index (χ3n) is 2.74. The van der Waals surface area contributed by atoms with Gasteiger partial charge in [-0.1, -0.05) is 0 Å². The lowest BCUT2D eigenvalue weighted by Gasteiger charge is -2.12. The average Bonchev–Trinajstić information content (AvgIpc) is 2.42. The van der Waals surface area contributed by atoms with E-state index in [-0.39, 0.29) is 11.9 Å². The molecule has 1 aromatic carbocycles. The summed E-state index contributed by atoms with van der Waals surface area (Å²) in [5.74, 6) is 5.15. The number of amides is 3. The summed E-state index contributed by atoms with van der Waals surface area (Å²) in [5, 5.41) is 5.40. The van der Waals surface area contributed by atoms with Gasteiger partial charge in [-0.3, -0.25) is 10.6 Å². The smallest absolute Gasteiger partial charge is 0.316 e. The van der Waals surface area contributed by atoms with Gasteiger partial charge in [-0.25, -0.2) is 4.79 Å². The van der Waals surface area contributed by atoms with Crippen LogP contribution in [0.2, 0.25) is 0 Å². The molecule has 0 radical (unpaired) electrons. The molecule has 1 aromatic rings. The number of urea groups is 1. The van der Waals surface area contributed by atoms with Gasteiger partial charge in [0.1, 0.15) is 0 Å². The summed E-state index contributed by atoms with van der Waals surface area (Å²) in [7, 11) is 3.31. The average molecular weight is 279 g/mol. The molecule has 7 heteroatoms. The number of carbonyl (C=O) groups excluding carboxylic acids is 2. The minimum absolute atomic E-state index is 0.184. The van der Waals surface area contributed by atoms with E-state index in [1.807, 2.05) is 6.92 Å². The number of hydrogen-bond acceptors (Lipinski definition) is 4. The number of nitrogens with zero attached hydrogens (tertiary/aromatic N) is 1. The minimum Gasteiger partial charge on any atom is -0.350 e. The fourth-order valence-corrected chi connectivity index (χ4v) is 1.57. The Morgan fingerprint density at radius 3 is 2.40 bits per heavy atom. The number of rotatable bonds is 5. The van der Waals surface area contributed by atoms with Gasteiger partial charge in [-0.05, 0) is 30.7 Å². The minimum atomic E-state index is -0.187. The normalized spacial score (nSPS) is 9.80. The molecule has 0 aliphatic carbocycles. The summed E-state index contributed by atoms with van der Waals surface area (Å²) in [5.41, 5.74) is 4.78. The van der Waals surface area contributed by atoms with Crippen LogP contribution >= 0.6 is 0 Å². The predicted octanol–water partition coefficient (Wildman–Crippen LogP) is 0.282. The van der Waals surface area contributed by atoms with E-state index in [2.05, 4.69) is 16.1 Å². The Labute approximate surface area is 118 Å². The van der Waals surface area contributed by atoms with Crippen LogP contribution in [0.1, 0.15) is 15.9 Å². The number of nitrogens with one attached hydrogen (secondary N) is 3. The van der Waals surface area contributed by atoms with Gasteiger partial charge in [0.05, 0.1) is 5.69 Å². The van der Waals surface area contributed by atoms with Crippen LogP contribution in [0.3, 0.4) is 0 Å². The zero-order chi connectivity index (χ0) is 15.1. The second-order valence-corrected chi connectivity index (χ2v) is 4.56. The number of hydrazine groups is 1. The third-order valence-corrected chi connectivity index (χ3v) is 2.74. The van der Waals surface area contributed by atoms with E-state index in [9.17, 15) is 9.59 Å². The SMILES string of the molecule is Cc1cc(C(=O)NCCNC(=O)N(C)C)ccc1NN. The first kappa shape index (κ1) is 15.8. The van der Waals surface area contributed by atoms with E-state index >= 15 is 0 Å². The highest BCUT2D eigenvalue weighted by Crippen LogP contribution is 2.14. The standard InChI is InChI=1S/C13H21N5O2/c1-9-8-10(4-5-11(9)17-14)12(19)15-6-7-16-13(20)18(2)3/h4-5,8,17H,6-7,14H2,1-3H3,(H,15,19)(H,16,20). The summed E-state index contributed by atoms with van der Waals surface area (Å²) in [6.45, 7) is 2.61. The van der Waals surface area contributed by atoms with Crippen molar-refractivity contribution in [3.05, 3.63) is 29.3 Å². The van der Waals surface area contributed by atoms with Crippen molar-refractivity contribution in [3.8, 4) is 0 Å². The molecule has 0 atom stereocenters. The molecule has 3 amide bonds. The van der Waals surface area contributed by atoms with E-state index in [4.69, 9.17) is 5.84 Å². The van der Waals surface area contributed by atoms with Crippen molar-refractivity contribution in [2.75, 3.05) is 32.6 Å². The van der Waals surface area contributed by atoms with Gasteiger partial charge in [-0.2, -0.15) is 0 Å². The quantitative estimate of drug-likeness (QED) is 0.353. The van der Waals surface area contributed by atoms with E-state index < -0.39 is 0 Å². The lowest BCUT2D eigenvalue weighted by Crippen LogP contribution is -2.39. The van der Waals surface area contributed by atoms with E-state index in [0.29, 0.717) is 18.7 Å². The zero-order valence-corrected chi connectivity index (χ0v) is 12.0. The second-order valence-electron chi connectivity index (χ2n) is 4.56. The number of nitrogen functional groups attached to an aromatic ring is 1. The first-order chi connectivity index (χ1) is 9.45. The fraction of sp³-hybridized carbons (Fsp3) is 0.385. The van der Waals surface area contributed by atoms with Crippen LogP contribution < -0.4 is 21.9 Å². The highest BCUT2D eigenvalue weighted by molar-refractivity contribution is 5.94. The molecule has 0 fully saturated rings. The number of anilines is 1. The van der Waals surface area contributed by atoms with Crippen molar-refractivity contribution in [2.45, 2.75) is 6.92 Å². The molecule has 0 heterocycles. The summed E-state index contributed by atoms with van der Waals surface area (Å²) >= 11 is 0. The molecule has 0 aliphatic rings. The van der Waals surface area contributed by atoms with Crippen LogP contribution in [0.25, 0.3) is 0 Å². The number of aryl methyl sites for hydroxylation is 1. The van der Waals surface area contributed by atoms with Crippen molar-refractivity contribution in [1.29, 1.82) is 0 Å². The van der Waals surface area contributed by atoms with Crippen LogP contribution in [0.5, 0.6) is 0 Å². The molecule has 0 saturated carbocycles. The first-order valence-electron chi connectivity index (χ1n) is 6.26.